The van der Waals surface area contributed by atoms with Crippen LogP contribution in [-0.2, 0) is 14.4 Å². The van der Waals surface area contributed by atoms with Crippen LogP contribution in [0.4, 0.5) is 0 Å². The number of oxime groups is 1. The van der Waals surface area contributed by atoms with E-state index in [-0.39, 0.29) is 12.3 Å². The summed E-state index contributed by atoms with van der Waals surface area (Å²) in [4.78, 5) is 28.1. The molecule has 0 unspecified atom stereocenters. The van der Waals surface area contributed by atoms with Crippen LogP contribution in [-0.4, -0.2) is 31.2 Å². The van der Waals surface area contributed by atoms with Crippen molar-refractivity contribution >= 4 is 33.4 Å². The van der Waals surface area contributed by atoms with E-state index in [0.29, 0.717) is 5.56 Å². The predicted octanol–water partition coefficient (Wildman–Crippen LogP) is 2.20. The van der Waals surface area contributed by atoms with E-state index in [1.54, 1.807) is 31.2 Å². The average Bonchev–Trinajstić information content (AvgIpc) is 2.36. The lowest BCUT2D eigenvalue weighted by Gasteiger charge is -2.04. The van der Waals surface area contributed by atoms with Gasteiger partial charge in [-0.25, -0.2) is 4.79 Å². The van der Waals surface area contributed by atoms with E-state index in [1.165, 1.54) is 7.11 Å². The molecular weight excluding hydrogens is 302 g/mol. The van der Waals surface area contributed by atoms with Gasteiger partial charge in [0, 0.05) is 10.0 Å². The number of nitrogens with zero attached hydrogens (tertiary/aromatic N) is 1. The minimum Gasteiger partial charge on any atom is -0.461 e. The Bertz CT molecular complexity index is 467. The minimum atomic E-state index is -0.799. The van der Waals surface area contributed by atoms with Crippen molar-refractivity contribution in [2.75, 3.05) is 13.7 Å². The second-order valence-corrected chi connectivity index (χ2v) is 4.09. The van der Waals surface area contributed by atoms with Gasteiger partial charge in [-0.1, -0.05) is 21.1 Å². The Morgan fingerprint density at radius 1 is 1.28 bits per heavy atom. The van der Waals surface area contributed by atoms with E-state index in [2.05, 4.69) is 25.9 Å². The lowest BCUT2D eigenvalue weighted by atomic mass is 10.1. The molecule has 0 spiro atoms. The minimum absolute atomic E-state index is 0.162. The van der Waals surface area contributed by atoms with Crippen molar-refractivity contribution in [3.05, 3.63) is 34.3 Å². The summed E-state index contributed by atoms with van der Waals surface area (Å²) < 4.78 is 5.58. The van der Waals surface area contributed by atoms with Crippen molar-refractivity contribution in [1.29, 1.82) is 0 Å². The summed E-state index contributed by atoms with van der Waals surface area (Å²) in [5, 5.41) is 3.42. The third kappa shape index (κ3) is 3.66. The molecule has 0 N–H and O–H groups in total. The molecule has 0 radical (unpaired) electrons. The van der Waals surface area contributed by atoms with Crippen molar-refractivity contribution in [2.24, 2.45) is 5.16 Å². The SMILES string of the molecule is CCOC(=O)C(=NOC)C(=O)c1ccc(Br)cc1. The van der Waals surface area contributed by atoms with Crippen molar-refractivity contribution in [3.63, 3.8) is 0 Å². The third-order valence-electron chi connectivity index (χ3n) is 1.97. The smallest absolute Gasteiger partial charge is 0.364 e. The molecule has 0 aliphatic heterocycles. The van der Waals surface area contributed by atoms with Gasteiger partial charge in [0.2, 0.25) is 11.5 Å². The van der Waals surface area contributed by atoms with Crippen molar-refractivity contribution < 1.29 is 19.2 Å². The fourth-order valence-corrected chi connectivity index (χ4v) is 1.46. The lowest BCUT2D eigenvalue weighted by molar-refractivity contribution is -0.135. The Labute approximate surface area is 113 Å². The number of ether oxygens (including phenoxy) is 1. The summed E-state index contributed by atoms with van der Waals surface area (Å²) in [6, 6.07) is 6.55. The van der Waals surface area contributed by atoms with Crippen LogP contribution in [0.1, 0.15) is 17.3 Å². The Balaban J connectivity index is 3.00. The number of hydrogen-bond donors (Lipinski definition) is 0. The molecule has 0 saturated carbocycles. The summed E-state index contributed by atoms with van der Waals surface area (Å²) >= 11 is 3.26. The summed E-state index contributed by atoms with van der Waals surface area (Å²) in [5.74, 6) is -1.34. The van der Waals surface area contributed by atoms with Gasteiger partial charge >= 0.3 is 5.97 Å². The fourth-order valence-electron chi connectivity index (χ4n) is 1.20. The van der Waals surface area contributed by atoms with E-state index < -0.39 is 11.8 Å². The highest BCUT2D eigenvalue weighted by Gasteiger charge is 2.24. The van der Waals surface area contributed by atoms with Gasteiger partial charge in [-0.05, 0) is 31.2 Å². The maximum Gasteiger partial charge on any atom is 0.364 e. The zero-order valence-corrected chi connectivity index (χ0v) is 11.6. The van der Waals surface area contributed by atoms with Crippen LogP contribution in [0.25, 0.3) is 0 Å². The fraction of sp³-hybridized carbons (Fsp3) is 0.250. The van der Waals surface area contributed by atoms with Gasteiger partial charge < -0.3 is 9.57 Å². The summed E-state index contributed by atoms with van der Waals surface area (Å²) in [6.07, 6.45) is 0. The van der Waals surface area contributed by atoms with Crippen LogP contribution in [0.3, 0.4) is 0 Å². The molecule has 0 aliphatic carbocycles. The van der Waals surface area contributed by atoms with Gasteiger partial charge in [0.05, 0.1) is 6.61 Å². The number of benzene rings is 1. The van der Waals surface area contributed by atoms with Crippen molar-refractivity contribution in [3.8, 4) is 0 Å². The predicted molar refractivity (Wildman–Crippen MR) is 69.5 cm³/mol. The standard InChI is InChI=1S/C12H12BrNO4/c1-3-18-12(16)10(14-17-2)11(15)8-4-6-9(13)7-5-8/h4-7H,3H2,1-2H3. The molecule has 0 bridgehead atoms. The Morgan fingerprint density at radius 3 is 2.39 bits per heavy atom. The van der Waals surface area contributed by atoms with Gasteiger partial charge in [0.1, 0.15) is 7.11 Å². The van der Waals surface area contributed by atoms with Crippen LogP contribution >= 0.6 is 15.9 Å². The second-order valence-electron chi connectivity index (χ2n) is 3.18. The number of rotatable bonds is 5. The number of hydrogen-bond acceptors (Lipinski definition) is 5. The lowest BCUT2D eigenvalue weighted by Crippen LogP contribution is -2.26. The maximum atomic E-state index is 12.0. The molecule has 18 heavy (non-hydrogen) atoms. The van der Waals surface area contributed by atoms with E-state index >= 15 is 0 Å². The van der Waals surface area contributed by atoms with Gasteiger partial charge in [-0.2, -0.15) is 0 Å². The highest BCUT2D eigenvalue weighted by Crippen LogP contribution is 2.11. The van der Waals surface area contributed by atoms with Crippen LogP contribution in [0, 0.1) is 0 Å². The molecular formula is C12H12BrNO4. The van der Waals surface area contributed by atoms with E-state index in [4.69, 9.17) is 4.74 Å². The number of carbonyl (C=O) groups is 2. The topological polar surface area (TPSA) is 65.0 Å². The van der Waals surface area contributed by atoms with Crippen molar-refractivity contribution in [2.45, 2.75) is 6.92 Å². The Hall–Kier alpha value is -1.69. The molecule has 0 aliphatic rings. The molecule has 6 heteroatoms. The maximum absolute atomic E-state index is 12.0. The summed E-state index contributed by atoms with van der Waals surface area (Å²) in [5.41, 5.74) is -0.0382. The Morgan fingerprint density at radius 2 is 1.89 bits per heavy atom. The first-order valence-corrected chi connectivity index (χ1v) is 5.98. The quantitative estimate of drug-likeness (QED) is 0.275. The van der Waals surface area contributed by atoms with Gasteiger partial charge in [-0.3, -0.25) is 4.79 Å². The van der Waals surface area contributed by atoms with Gasteiger partial charge in [0.25, 0.3) is 0 Å². The van der Waals surface area contributed by atoms with Crippen LogP contribution < -0.4 is 0 Å². The monoisotopic (exact) mass is 313 g/mol. The second kappa shape index (κ2) is 6.90. The molecule has 0 amide bonds. The molecule has 1 rings (SSSR count). The van der Waals surface area contributed by atoms with Crippen LogP contribution in [0.2, 0.25) is 0 Å². The highest BCUT2D eigenvalue weighted by molar-refractivity contribution is 9.10. The highest BCUT2D eigenvalue weighted by atomic mass is 79.9. The van der Waals surface area contributed by atoms with Crippen LogP contribution in [0.15, 0.2) is 33.9 Å². The van der Waals surface area contributed by atoms with Crippen molar-refractivity contribution in [1.82, 2.24) is 0 Å². The number of esters is 1. The average molecular weight is 314 g/mol. The first-order valence-electron chi connectivity index (χ1n) is 5.18. The number of ketones is 1. The molecule has 0 fully saturated rings. The summed E-state index contributed by atoms with van der Waals surface area (Å²) in [6.45, 7) is 1.81. The molecule has 5 nitrogen and oxygen atoms in total. The molecule has 0 aromatic heterocycles. The molecule has 96 valence electrons. The first kappa shape index (κ1) is 14.4. The molecule has 0 saturated heterocycles. The largest absolute Gasteiger partial charge is 0.461 e. The van der Waals surface area contributed by atoms with Crippen LogP contribution in [0.5, 0.6) is 0 Å². The molecule has 0 atom stereocenters. The normalized spacial score (nSPS) is 10.9. The number of Topliss-reactive ketones (excluding diaryl/α,β-unsaturated/α-hetero) is 1. The Kier molecular flexibility index (Phi) is 5.51. The van der Waals surface area contributed by atoms with Gasteiger partial charge in [0.15, 0.2) is 0 Å². The van der Waals surface area contributed by atoms with E-state index in [9.17, 15) is 9.59 Å². The van der Waals surface area contributed by atoms with E-state index in [0.717, 1.165) is 4.47 Å². The molecule has 1 aromatic carbocycles. The summed E-state index contributed by atoms with van der Waals surface area (Å²) in [7, 11) is 1.26. The zero-order chi connectivity index (χ0) is 13.5. The number of halogens is 1. The molecule has 1 aromatic rings. The van der Waals surface area contributed by atoms with E-state index in [1.807, 2.05) is 0 Å². The first-order chi connectivity index (χ1) is 8.60. The number of carbonyl (C=O) groups excluding carboxylic acids is 2. The zero-order valence-electron chi connectivity index (χ0n) is 9.97. The third-order valence-corrected chi connectivity index (χ3v) is 2.50. The molecule has 0 heterocycles. The van der Waals surface area contributed by atoms with Gasteiger partial charge in [-0.15, -0.1) is 0 Å².